The quantitative estimate of drug-likeness (QED) is 0.495. The number of nitrogens with zero attached hydrogens (tertiary/aromatic N) is 1. The number of methoxy groups -OCH3 is 1. The molecule has 2 unspecified atom stereocenters. The maximum atomic E-state index is 10.2. The second-order valence-corrected chi connectivity index (χ2v) is 11.8. The fraction of sp³-hybridized carbons (Fsp3) is 0.536. The summed E-state index contributed by atoms with van der Waals surface area (Å²) < 4.78 is 5.83. The van der Waals surface area contributed by atoms with Crippen LogP contribution >= 0.6 is 11.8 Å². The molecule has 31 heavy (non-hydrogen) atoms. The first-order chi connectivity index (χ1) is 14.7. The summed E-state index contributed by atoms with van der Waals surface area (Å²) in [4.78, 5) is 1.35. The Morgan fingerprint density at radius 2 is 1.84 bits per heavy atom. The molecule has 0 spiro atoms. The molecule has 1 saturated carbocycles. The van der Waals surface area contributed by atoms with E-state index in [0.29, 0.717) is 17.1 Å². The molecular formula is C28H35NOS. The van der Waals surface area contributed by atoms with Gasteiger partial charge in [-0.25, -0.2) is 0 Å². The van der Waals surface area contributed by atoms with Crippen molar-refractivity contribution in [3.63, 3.8) is 0 Å². The molecule has 0 amide bonds. The van der Waals surface area contributed by atoms with Gasteiger partial charge in [-0.2, -0.15) is 5.26 Å². The Labute approximate surface area is 192 Å². The zero-order valence-electron chi connectivity index (χ0n) is 19.7. The molecule has 2 nitrogen and oxygen atoms in total. The highest BCUT2D eigenvalue weighted by Gasteiger charge is 2.55. The van der Waals surface area contributed by atoms with Gasteiger partial charge in [0.05, 0.1) is 19.1 Å². The van der Waals surface area contributed by atoms with Gasteiger partial charge in [-0.3, -0.25) is 0 Å². The minimum atomic E-state index is -0.0452. The molecular weight excluding hydrogens is 398 g/mol. The fourth-order valence-electron chi connectivity index (χ4n) is 6.29. The van der Waals surface area contributed by atoms with Crippen LogP contribution < -0.4 is 4.74 Å². The molecule has 164 valence electrons. The van der Waals surface area contributed by atoms with E-state index in [9.17, 15) is 5.26 Å². The molecule has 2 aromatic carbocycles. The Kier molecular flexibility index (Phi) is 5.90. The summed E-state index contributed by atoms with van der Waals surface area (Å²) in [6.07, 6.45) is 3.29. The van der Waals surface area contributed by atoms with Gasteiger partial charge in [0.25, 0.3) is 0 Å². The number of hydrogen-bond acceptors (Lipinski definition) is 3. The summed E-state index contributed by atoms with van der Waals surface area (Å²) in [5.74, 6) is 1.77. The second kappa shape index (κ2) is 8.21. The maximum absolute atomic E-state index is 10.2. The first kappa shape index (κ1) is 22.3. The molecule has 0 N–H and O–H groups in total. The molecule has 0 heterocycles. The Morgan fingerprint density at radius 1 is 1.13 bits per heavy atom. The molecule has 3 heteroatoms. The van der Waals surface area contributed by atoms with E-state index < -0.39 is 0 Å². The summed E-state index contributed by atoms with van der Waals surface area (Å²) in [5, 5.41) is 10.7. The normalized spacial score (nSPS) is 29.0. The zero-order valence-corrected chi connectivity index (χ0v) is 20.6. The predicted octanol–water partition coefficient (Wildman–Crippen LogP) is 7.68. The van der Waals surface area contributed by atoms with E-state index in [2.05, 4.69) is 83.2 Å². The van der Waals surface area contributed by atoms with Crippen LogP contribution in [0.1, 0.15) is 82.4 Å². The topological polar surface area (TPSA) is 33.0 Å². The van der Waals surface area contributed by atoms with Crippen LogP contribution in [0, 0.1) is 22.7 Å². The van der Waals surface area contributed by atoms with Crippen molar-refractivity contribution in [2.45, 2.75) is 81.3 Å². The summed E-state index contributed by atoms with van der Waals surface area (Å²) >= 11 is 2.02. The maximum Gasteiger partial charge on any atom is 0.122 e. The van der Waals surface area contributed by atoms with Gasteiger partial charge in [-0.15, -0.1) is 11.8 Å². The Hall–Kier alpha value is -1.92. The van der Waals surface area contributed by atoms with Gasteiger partial charge < -0.3 is 4.74 Å². The van der Waals surface area contributed by atoms with Gasteiger partial charge in [-0.1, -0.05) is 58.9 Å². The molecule has 4 rings (SSSR count). The van der Waals surface area contributed by atoms with Crippen LogP contribution in [0.4, 0.5) is 0 Å². The number of benzene rings is 2. The van der Waals surface area contributed by atoms with Gasteiger partial charge in [0, 0.05) is 10.1 Å². The lowest BCUT2D eigenvalue weighted by atomic mass is 9.48. The molecule has 0 saturated heterocycles. The molecule has 0 bridgehead atoms. The highest BCUT2D eigenvalue weighted by atomic mass is 32.2. The van der Waals surface area contributed by atoms with Crippen LogP contribution in [0.3, 0.4) is 0 Å². The molecule has 0 aliphatic heterocycles. The average molecular weight is 434 g/mol. The van der Waals surface area contributed by atoms with Crippen LogP contribution in [0.25, 0.3) is 0 Å². The fourth-order valence-corrected chi connectivity index (χ4v) is 7.64. The standard InChI is InChI=1S/C28H35NOS/c1-18(2)21-15-22-19(17-29)14-25-27(3,4)26(31-20-10-8-7-9-11-20)12-13-28(25,5)23(22)16-24(21)30-6/h7-11,15-16,18-19,25-26H,12-14H2,1-6H3/t19?,25?,26-,28+/m0/s1. The predicted molar refractivity (Wildman–Crippen MR) is 130 cm³/mol. The lowest BCUT2D eigenvalue weighted by Crippen LogP contribution is -2.53. The Balaban J connectivity index is 1.78. The van der Waals surface area contributed by atoms with Crippen molar-refractivity contribution in [1.29, 1.82) is 5.26 Å². The number of nitriles is 1. The third-order valence-electron chi connectivity index (χ3n) is 8.09. The number of fused-ring (bicyclic) bond motifs is 3. The minimum absolute atomic E-state index is 0.0452. The van der Waals surface area contributed by atoms with Crippen molar-refractivity contribution < 1.29 is 4.74 Å². The molecule has 2 aliphatic rings. The van der Waals surface area contributed by atoms with Gasteiger partial charge in [0.1, 0.15) is 5.75 Å². The van der Waals surface area contributed by atoms with Gasteiger partial charge in [0.15, 0.2) is 0 Å². The smallest absolute Gasteiger partial charge is 0.122 e. The number of rotatable bonds is 4. The monoisotopic (exact) mass is 433 g/mol. The third-order valence-corrected chi connectivity index (χ3v) is 9.76. The van der Waals surface area contributed by atoms with Crippen molar-refractivity contribution in [3.05, 3.63) is 59.2 Å². The van der Waals surface area contributed by atoms with E-state index in [4.69, 9.17) is 4.74 Å². The molecule has 0 aromatic heterocycles. The van der Waals surface area contributed by atoms with E-state index >= 15 is 0 Å². The van der Waals surface area contributed by atoms with Gasteiger partial charge >= 0.3 is 0 Å². The SMILES string of the molecule is COc1cc2c(cc1C(C)C)C(C#N)CC1C(C)(C)[C@@H](Sc3ccccc3)CC[C@]21C. The highest BCUT2D eigenvalue weighted by molar-refractivity contribution is 8.00. The second-order valence-electron chi connectivity index (χ2n) is 10.5. The molecule has 1 fully saturated rings. The summed E-state index contributed by atoms with van der Waals surface area (Å²) in [7, 11) is 1.77. The number of hydrogen-bond donors (Lipinski definition) is 0. The van der Waals surface area contributed by atoms with E-state index in [0.717, 1.165) is 18.6 Å². The Morgan fingerprint density at radius 3 is 2.45 bits per heavy atom. The number of thioether (sulfide) groups is 1. The van der Waals surface area contributed by atoms with E-state index in [1.54, 1.807) is 7.11 Å². The molecule has 4 atom stereocenters. The van der Waals surface area contributed by atoms with Crippen molar-refractivity contribution >= 4 is 11.8 Å². The molecule has 2 aliphatic carbocycles. The summed E-state index contributed by atoms with van der Waals surface area (Å²) in [5.41, 5.74) is 4.02. The first-order valence-corrected chi connectivity index (χ1v) is 12.4. The highest BCUT2D eigenvalue weighted by Crippen LogP contribution is 2.62. The van der Waals surface area contributed by atoms with E-state index in [-0.39, 0.29) is 16.7 Å². The minimum Gasteiger partial charge on any atom is -0.496 e. The van der Waals surface area contributed by atoms with Crippen LogP contribution in [0.5, 0.6) is 5.75 Å². The van der Waals surface area contributed by atoms with E-state index in [1.165, 1.54) is 28.0 Å². The Bertz CT molecular complexity index is 990. The van der Waals surface area contributed by atoms with Crippen molar-refractivity contribution in [1.82, 2.24) is 0 Å². The molecule has 2 aromatic rings. The summed E-state index contributed by atoms with van der Waals surface area (Å²) in [6.45, 7) is 11.7. The van der Waals surface area contributed by atoms with Crippen molar-refractivity contribution in [3.8, 4) is 11.8 Å². The lowest BCUT2D eigenvalue weighted by molar-refractivity contribution is 0.0435. The van der Waals surface area contributed by atoms with Crippen LogP contribution in [0.2, 0.25) is 0 Å². The van der Waals surface area contributed by atoms with Gasteiger partial charge in [-0.05, 0) is 76.8 Å². The largest absolute Gasteiger partial charge is 0.496 e. The van der Waals surface area contributed by atoms with Crippen molar-refractivity contribution in [2.75, 3.05) is 7.11 Å². The summed E-state index contributed by atoms with van der Waals surface area (Å²) in [6, 6.07) is 18.0. The molecule has 0 radical (unpaired) electrons. The average Bonchev–Trinajstić information content (AvgIpc) is 2.75. The van der Waals surface area contributed by atoms with Crippen LogP contribution in [-0.2, 0) is 5.41 Å². The van der Waals surface area contributed by atoms with Gasteiger partial charge in [0.2, 0.25) is 0 Å². The number of ether oxygens (including phenoxy) is 1. The lowest BCUT2D eigenvalue weighted by Gasteiger charge is -2.58. The third kappa shape index (κ3) is 3.68. The van der Waals surface area contributed by atoms with Crippen LogP contribution in [0.15, 0.2) is 47.4 Å². The van der Waals surface area contributed by atoms with Crippen LogP contribution in [-0.4, -0.2) is 12.4 Å². The van der Waals surface area contributed by atoms with Crippen molar-refractivity contribution in [2.24, 2.45) is 11.3 Å². The first-order valence-electron chi connectivity index (χ1n) is 11.6. The van der Waals surface area contributed by atoms with E-state index in [1.807, 2.05) is 11.8 Å². The zero-order chi connectivity index (χ0) is 22.4.